The summed E-state index contributed by atoms with van der Waals surface area (Å²) in [4.78, 5) is 16.6. The van der Waals surface area contributed by atoms with Gasteiger partial charge in [-0.25, -0.2) is 0 Å². The minimum Gasteiger partial charge on any atom is -0.484 e. The molecule has 1 amide bonds. The molecule has 0 radical (unpaired) electrons. The number of nitrogens with zero attached hydrogens (tertiary/aromatic N) is 5. The lowest BCUT2D eigenvalue weighted by Gasteiger charge is -2.21. The van der Waals surface area contributed by atoms with E-state index in [-0.39, 0.29) is 12.5 Å². The van der Waals surface area contributed by atoms with E-state index < -0.39 is 0 Å². The molecule has 25 heavy (non-hydrogen) atoms. The fourth-order valence-electron chi connectivity index (χ4n) is 2.92. The largest absolute Gasteiger partial charge is 0.484 e. The topological polar surface area (TPSA) is 63.5 Å². The summed E-state index contributed by atoms with van der Waals surface area (Å²) >= 11 is 0. The molecular formula is C18H25N5O2. The monoisotopic (exact) mass is 343 g/mol. The van der Waals surface area contributed by atoms with Gasteiger partial charge in [-0.3, -0.25) is 9.69 Å². The smallest absolute Gasteiger partial charge is 0.260 e. The number of carbonyl (C=O) groups is 1. The van der Waals surface area contributed by atoms with Gasteiger partial charge in [-0.15, -0.1) is 10.2 Å². The lowest BCUT2D eigenvalue weighted by molar-refractivity contribution is -0.133. The van der Waals surface area contributed by atoms with Gasteiger partial charge >= 0.3 is 0 Å². The molecule has 1 aromatic carbocycles. The van der Waals surface area contributed by atoms with E-state index in [9.17, 15) is 4.79 Å². The van der Waals surface area contributed by atoms with Crippen LogP contribution in [0.5, 0.6) is 5.75 Å². The predicted molar refractivity (Wildman–Crippen MR) is 94.2 cm³/mol. The van der Waals surface area contributed by atoms with E-state index in [1.807, 2.05) is 53.8 Å². The van der Waals surface area contributed by atoms with Crippen LogP contribution >= 0.6 is 0 Å². The highest BCUT2D eigenvalue weighted by Crippen LogP contribution is 2.11. The van der Waals surface area contributed by atoms with Crippen molar-refractivity contribution in [3.8, 4) is 5.75 Å². The number of amides is 1. The van der Waals surface area contributed by atoms with Gasteiger partial charge in [0.15, 0.2) is 6.61 Å². The third-order valence-electron chi connectivity index (χ3n) is 4.59. The van der Waals surface area contributed by atoms with Crippen LogP contribution in [0.4, 0.5) is 0 Å². The van der Waals surface area contributed by atoms with E-state index >= 15 is 0 Å². The molecule has 1 saturated heterocycles. The summed E-state index contributed by atoms with van der Waals surface area (Å²) in [7, 11) is 1.99. The van der Waals surface area contributed by atoms with Gasteiger partial charge in [0.2, 0.25) is 0 Å². The Kier molecular flexibility index (Phi) is 5.65. The first-order valence-electron chi connectivity index (χ1n) is 8.66. The zero-order valence-electron chi connectivity index (χ0n) is 14.9. The normalized spacial score (nSPS) is 15.8. The van der Waals surface area contributed by atoms with Crippen molar-refractivity contribution in [2.24, 2.45) is 7.05 Å². The lowest BCUT2D eigenvalue weighted by Crippen LogP contribution is -2.38. The number of rotatable bonds is 5. The van der Waals surface area contributed by atoms with E-state index in [4.69, 9.17) is 4.74 Å². The van der Waals surface area contributed by atoms with Crippen molar-refractivity contribution in [1.29, 1.82) is 0 Å². The second-order valence-electron chi connectivity index (χ2n) is 6.33. The molecule has 7 heteroatoms. The van der Waals surface area contributed by atoms with E-state index in [2.05, 4.69) is 15.1 Å². The number of ether oxygens (including phenoxy) is 1. The Morgan fingerprint density at radius 3 is 2.64 bits per heavy atom. The van der Waals surface area contributed by atoms with Crippen LogP contribution in [0.2, 0.25) is 0 Å². The van der Waals surface area contributed by atoms with Gasteiger partial charge in [-0.05, 0) is 25.5 Å². The van der Waals surface area contributed by atoms with E-state index in [1.54, 1.807) is 0 Å². The van der Waals surface area contributed by atoms with Crippen LogP contribution in [0.25, 0.3) is 0 Å². The van der Waals surface area contributed by atoms with Crippen molar-refractivity contribution in [2.75, 3.05) is 32.8 Å². The molecule has 1 aliphatic heterocycles. The Morgan fingerprint density at radius 2 is 1.92 bits per heavy atom. The number of aryl methyl sites for hydroxylation is 1. The van der Waals surface area contributed by atoms with Crippen molar-refractivity contribution in [3.05, 3.63) is 42.0 Å². The van der Waals surface area contributed by atoms with Gasteiger partial charge in [-0.1, -0.05) is 18.2 Å². The minimum absolute atomic E-state index is 0.0419. The molecule has 0 spiro atoms. The third-order valence-corrected chi connectivity index (χ3v) is 4.59. The van der Waals surface area contributed by atoms with Gasteiger partial charge in [0.1, 0.15) is 17.4 Å². The zero-order valence-corrected chi connectivity index (χ0v) is 14.9. The first-order chi connectivity index (χ1) is 12.1. The lowest BCUT2D eigenvalue weighted by atomic mass is 10.3. The molecule has 3 rings (SSSR count). The highest BCUT2D eigenvalue weighted by Gasteiger charge is 2.20. The van der Waals surface area contributed by atoms with Gasteiger partial charge < -0.3 is 14.2 Å². The van der Waals surface area contributed by atoms with Crippen LogP contribution in [0, 0.1) is 6.92 Å². The van der Waals surface area contributed by atoms with Gasteiger partial charge in [0.25, 0.3) is 5.91 Å². The maximum Gasteiger partial charge on any atom is 0.260 e. The van der Waals surface area contributed by atoms with E-state index in [0.717, 1.165) is 50.0 Å². The van der Waals surface area contributed by atoms with Crippen LogP contribution in [0.15, 0.2) is 30.3 Å². The number of benzene rings is 1. The maximum atomic E-state index is 12.4. The summed E-state index contributed by atoms with van der Waals surface area (Å²) in [6.45, 7) is 6.08. The standard InChI is InChI=1S/C18H25N5O2/c1-15-19-20-17(21(15)2)13-22-9-6-10-23(12-11-22)18(24)14-25-16-7-4-3-5-8-16/h3-5,7-8H,6,9-14H2,1-2H3. The quantitative estimate of drug-likeness (QED) is 0.817. The molecule has 134 valence electrons. The number of aromatic nitrogens is 3. The van der Waals surface area contributed by atoms with Gasteiger partial charge in [0, 0.05) is 33.2 Å². The highest BCUT2D eigenvalue weighted by molar-refractivity contribution is 5.77. The molecule has 0 unspecified atom stereocenters. The van der Waals surface area contributed by atoms with Crippen molar-refractivity contribution >= 4 is 5.91 Å². The fraction of sp³-hybridized carbons (Fsp3) is 0.500. The second-order valence-corrected chi connectivity index (χ2v) is 6.33. The van der Waals surface area contributed by atoms with Gasteiger partial charge in [-0.2, -0.15) is 0 Å². The zero-order chi connectivity index (χ0) is 17.6. The molecule has 1 aliphatic rings. The molecule has 7 nitrogen and oxygen atoms in total. The molecule has 1 aromatic heterocycles. The first kappa shape index (κ1) is 17.4. The average molecular weight is 343 g/mol. The summed E-state index contributed by atoms with van der Waals surface area (Å²) in [5, 5.41) is 8.33. The highest BCUT2D eigenvalue weighted by atomic mass is 16.5. The molecule has 0 bridgehead atoms. The predicted octanol–water partition coefficient (Wildman–Crippen LogP) is 1.24. The molecule has 0 saturated carbocycles. The van der Waals surface area contributed by atoms with Gasteiger partial charge in [0.05, 0.1) is 6.54 Å². The maximum absolute atomic E-state index is 12.4. The number of carbonyl (C=O) groups excluding carboxylic acids is 1. The van der Waals surface area contributed by atoms with Crippen molar-refractivity contribution in [2.45, 2.75) is 19.9 Å². The Labute approximate surface area is 148 Å². The Morgan fingerprint density at radius 1 is 1.12 bits per heavy atom. The molecule has 0 atom stereocenters. The first-order valence-corrected chi connectivity index (χ1v) is 8.66. The van der Waals surface area contributed by atoms with Crippen molar-refractivity contribution in [1.82, 2.24) is 24.6 Å². The number of para-hydroxylation sites is 1. The average Bonchev–Trinajstić information content (AvgIpc) is 2.83. The van der Waals surface area contributed by atoms with Crippen LogP contribution in [-0.2, 0) is 18.4 Å². The third kappa shape index (κ3) is 4.57. The Bertz CT molecular complexity index is 701. The Hall–Kier alpha value is -2.41. The minimum atomic E-state index is 0.0419. The van der Waals surface area contributed by atoms with E-state index in [1.165, 1.54) is 0 Å². The van der Waals surface area contributed by atoms with Crippen LogP contribution < -0.4 is 4.74 Å². The number of hydrogen-bond donors (Lipinski definition) is 0. The fourth-order valence-corrected chi connectivity index (χ4v) is 2.92. The molecular weight excluding hydrogens is 318 g/mol. The van der Waals surface area contributed by atoms with Crippen LogP contribution in [-0.4, -0.2) is 63.3 Å². The summed E-state index contributed by atoms with van der Waals surface area (Å²) in [6, 6.07) is 9.45. The molecule has 2 heterocycles. The summed E-state index contributed by atoms with van der Waals surface area (Å²) in [6.07, 6.45) is 0.952. The molecule has 1 fully saturated rings. The second kappa shape index (κ2) is 8.11. The molecule has 2 aromatic rings. The SMILES string of the molecule is Cc1nnc(CN2CCCN(C(=O)COc3ccccc3)CC2)n1C. The van der Waals surface area contributed by atoms with Crippen molar-refractivity contribution < 1.29 is 9.53 Å². The summed E-state index contributed by atoms with van der Waals surface area (Å²) in [5.41, 5.74) is 0. The Balaban J connectivity index is 1.49. The van der Waals surface area contributed by atoms with Crippen LogP contribution in [0.1, 0.15) is 18.1 Å². The van der Waals surface area contributed by atoms with Crippen molar-refractivity contribution in [3.63, 3.8) is 0 Å². The molecule has 0 aliphatic carbocycles. The van der Waals surface area contributed by atoms with Crippen LogP contribution in [0.3, 0.4) is 0 Å². The molecule has 0 N–H and O–H groups in total. The van der Waals surface area contributed by atoms with E-state index in [0.29, 0.717) is 6.54 Å². The summed E-state index contributed by atoms with van der Waals surface area (Å²) < 4.78 is 7.59. The number of hydrogen-bond acceptors (Lipinski definition) is 5. The summed E-state index contributed by atoms with van der Waals surface area (Å²) in [5.74, 6) is 2.65.